The van der Waals surface area contributed by atoms with E-state index in [1.165, 1.54) is 6.33 Å². The average Bonchev–Trinajstić information content (AvgIpc) is 3.35. The summed E-state index contributed by atoms with van der Waals surface area (Å²) in [6.45, 7) is 7.05. The van der Waals surface area contributed by atoms with E-state index in [9.17, 15) is 14.2 Å². The number of rotatable bonds is 17. The van der Waals surface area contributed by atoms with Gasteiger partial charge in [-0.3, -0.25) is 9.36 Å². The zero-order valence-electron chi connectivity index (χ0n) is 24.7. The van der Waals surface area contributed by atoms with E-state index in [2.05, 4.69) is 27.0 Å². The molecule has 3 N–H and O–H groups in total. The highest BCUT2D eigenvalue weighted by Gasteiger charge is 2.39. The summed E-state index contributed by atoms with van der Waals surface area (Å²) in [4.78, 5) is 37.8. The molecular formula is C27H45N6O7P. The molecule has 2 atom stereocenters. The van der Waals surface area contributed by atoms with Crippen molar-refractivity contribution < 1.29 is 32.9 Å². The Hall–Kier alpha value is -2.60. The van der Waals surface area contributed by atoms with Gasteiger partial charge in [-0.2, -0.15) is 0 Å². The molecule has 2 aromatic heterocycles. The second-order valence-electron chi connectivity index (χ2n) is 11.1. The highest BCUT2D eigenvalue weighted by molar-refractivity contribution is 7.56. The fourth-order valence-corrected chi connectivity index (χ4v) is 6.51. The molecule has 0 spiro atoms. The first-order valence-corrected chi connectivity index (χ1v) is 16.3. The first kappa shape index (κ1) is 32.9. The molecule has 1 aliphatic rings. The zero-order chi connectivity index (χ0) is 29.9. The van der Waals surface area contributed by atoms with Gasteiger partial charge in [-0.25, -0.2) is 24.8 Å². The number of imidazole rings is 1. The average molecular weight is 597 g/mol. The third kappa shape index (κ3) is 10.3. The number of nitrogens with zero attached hydrogens (tertiary/aromatic N) is 4. The van der Waals surface area contributed by atoms with Crippen molar-refractivity contribution in [2.24, 2.45) is 0 Å². The standard InChI is InChI=1S/C27H45N6O7P/c1-5-6-7-11-14-37-26(35)27(3,4)32-41(36,39-16-22(34)40-21-12-9-8-10-13-21)19-38-20(2)15-33-18-31-23-24(28)29-17-30-25(23)33/h17-18,20-21H,5-16,19H2,1-4H3,(H,32,36)(H2,28,29,30). The van der Waals surface area contributed by atoms with E-state index in [-0.39, 0.29) is 18.5 Å². The van der Waals surface area contributed by atoms with Crippen LogP contribution in [0.2, 0.25) is 0 Å². The van der Waals surface area contributed by atoms with Crippen LogP contribution in [0.1, 0.15) is 85.5 Å². The first-order valence-electron chi connectivity index (χ1n) is 14.5. The minimum atomic E-state index is -3.90. The molecule has 2 heterocycles. The van der Waals surface area contributed by atoms with Crippen molar-refractivity contribution in [1.29, 1.82) is 0 Å². The van der Waals surface area contributed by atoms with Crippen molar-refractivity contribution in [3.63, 3.8) is 0 Å². The summed E-state index contributed by atoms with van der Waals surface area (Å²) < 4.78 is 38.2. The van der Waals surface area contributed by atoms with E-state index in [1.807, 2.05) is 0 Å². The number of carbonyl (C=O) groups is 2. The summed E-state index contributed by atoms with van der Waals surface area (Å²) in [7, 11) is -3.90. The molecule has 1 fully saturated rings. The van der Waals surface area contributed by atoms with Gasteiger partial charge in [0, 0.05) is 0 Å². The van der Waals surface area contributed by atoms with Crippen LogP contribution in [-0.2, 0) is 39.4 Å². The van der Waals surface area contributed by atoms with E-state index < -0.39 is 44.1 Å². The van der Waals surface area contributed by atoms with Gasteiger partial charge < -0.3 is 29.0 Å². The summed E-state index contributed by atoms with van der Waals surface area (Å²) in [5, 5.41) is 2.80. The molecule has 41 heavy (non-hydrogen) atoms. The Morgan fingerprint density at radius 3 is 2.66 bits per heavy atom. The van der Waals surface area contributed by atoms with E-state index in [0.717, 1.165) is 57.8 Å². The smallest absolute Gasteiger partial charge is 0.332 e. The minimum Gasteiger partial charge on any atom is -0.464 e. The summed E-state index contributed by atoms with van der Waals surface area (Å²) in [6.07, 6.45) is 10.5. The maximum Gasteiger partial charge on any atom is 0.332 e. The first-order chi connectivity index (χ1) is 19.5. The zero-order valence-corrected chi connectivity index (χ0v) is 25.6. The van der Waals surface area contributed by atoms with Crippen LogP contribution in [0.4, 0.5) is 5.82 Å². The quantitative estimate of drug-likeness (QED) is 0.151. The lowest BCUT2D eigenvalue weighted by atomic mass is 9.98. The van der Waals surface area contributed by atoms with Crippen LogP contribution in [0.15, 0.2) is 12.7 Å². The Morgan fingerprint density at radius 1 is 1.17 bits per heavy atom. The minimum absolute atomic E-state index is 0.162. The molecule has 0 aromatic carbocycles. The number of hydrogen-bond acceptors (Lipinski definition) is 11. The molecule has 13 nitrogen and oxygen atoms in total. The molecule has 0 amide bonds. The molecule has 3 rings (SSSR count). The molecule has 230 valence electrons. The third-order valence-corrected chi connectivity index (χ3v) is 8.78. The number of anilines is 1. The van der Waals surface area contributed by atoms with Gasteiger partial charge in [0.05, 0.1) is 25.6 Å². The molecule has 2 aromatic rings. The van der Waals surface area contributed by atoms with Crippen LogP contribution in [-0.4, -0.2) is 68.8 Å². The summed E-state index contributed by atoms with van der Waals surface area (Å²) in [5.74, 6) is -0.910. The van der Waals surface area contributed by atoms with Gasteiger partial charge in [0.15, 0.2) is 18.1 Å². The largest absolute Gasteiger partial charge is 0.464 e. The van der Waals surface area contributed by atoms with Gasteiger partial charge in [-0.05, 0) is 52.9 Å². The van der Waals surface area contributed by atoms with E-state index in [1.54, 1.807) is 31.7 Å². The van der Waals surface area contributed by atoms with Gasteiger partial charge in [0.2, 0.25) is 0 Å². The van der Waals surface area contributed by atoms with Crippen molar-refractivity contribution in [3.8, 4) is 0 Å². The van der Waals surface area contributed by atoms with Gasteiger partial charge in [0.25, 0.3) is 7.52 Å². The van der Waals surface area contributed by atoms with Crippen LogP contribution < -0.4 is 10.8 Å². The molecule has 0 aliphatic heterocycles. The Bertz CT molecular complexity index is 1180. The number of ether oxygens (including phenoxy) is 3. The summed E-state index contributed by atoms with van der Waals surface area (Å²) in [5.41, 5.74) is 5.52. The molecule has 0 bridgehead atoms. The van der Waals surface area contributed by atoms with Crippen LogP contribution in [0.5, 0.6) is 0 Å². The summed E-state index contributed by atoms with van der Waals surface area (Å²) >= 11 is 0. The van der Waals surface area contributed by atoms with Crippen molar-refractivity contribution in [2.45, 2.75) is 110 Å². The lowest BCUT2D eigenvalue weighted by Gasteiger charge is -2.30. The van der Waals surface area contributed by atoms with E-state index >= 15 is 0 Å². The van der Waals surface area contributed by atoms with Crippen molar-refractivity contribution >= 4 is 36.4 Å². The Balaban J connectivity index is 1.63. The van der Waals surface area contributed by atoms with Crippen LogP contribution in [0, 0.1) is 0 Å². The number of hydrogen-bond donors (Lipinski definition) is 2. The number of nitrogens with one attached hydrogen (secondary N) is 1. The number of nitrogens with two attached hydrogens (primary N) is 1. The Kier molecular flexibility index (Phi) is 12.5. The highest BCUT2D eigenvalue weighted by atomic mass is 31.2. The van der Waals surface area contributed by atoms with Gasteiger partial charge in [-0.15, -0.1) is 0 Å². The van der Waals surface area contributed by atoms with Crippen LogP contribution in [0.3, 0.4) is 0 Å². The number of esters is 2. The molecule has 0 saturated heterocycles. The normalized spacial score (nSPS) is 16.8. The Labute approximate surface area is 241 Å². The van der Waals surface area contributed by atoms with Gasteiger partial charge >= 0.3 is 11.9 Å². The fourth-order valence-electron chi connectivity index (χ4n) is 4.59. The second kappa shape index (κ2) is 15.6. The fraction of sp³-hybridized carbons (Fsp3) is 0.741. The SMILES string of the molecule is CCCCCCOC(=O)C(C)(C)NP(=O)(COC(C)Cn1cnc2c(N)ncnc21)OCC(=O)OC1CCCCC1. The summed E-state index contributed by atoms with van der Waals surface area (Å²) in [6, 6.07) is 0. The van der Waals surface area contributed by atoms with Crippen LogP contribution in [0.25, 0.3) is 11.2 Å². The van der Waals surface area contributed by atoms with Gasteiger partial charge in [0.1, 0.15) is 29.8 Å². The van der Waals surface area contributed by atoms with E-state index in [4.69, 9.17) is 24.5 Å². The molecule has 0 radical (unpaired) electrons. The number of fused-ring (bicyclic) bond motifs is 1. The van der Waals surface area contributed by atoms with Crippen LogP contribution >= 0.6 is 7.52 Å². The monoisotopic (exact) mass is 596 g/mol. The van der Waals surface area contributed by atoms with Crippen molar-refractivity contribution in [3.05, 3.63) is 12.7 Å². The van der Waals surface area contributed by atoms with Crippen molar-refractivity contribution in [2.75, 3.05) is 25.3 Å². The maximum atomic E-state index is 14.0. The second-order valence-corrected chi connectivity index (χ2v) is 13.2. The lowest BCUT2D eigenvalue weighted by Crippen LogP contribution is -2.47. The molecule has 1 aliphatic carbocycles. The third-order valence-electron chi connectivity index (χ3n) is 6.84. The highest BCUT2D eigenvalue weighted by Crippen LogP contribution is 2.45. The predicted molar refractivity (Wildman–Crippen MR) is 154 cm³/mol. The topological polar surface area (TPSA) is 170 Å². The van der Waals surface area contributed by atoms with E-state index in [0.29, 0.717) is 17.7 Å². The van der Waals surface area contributed by atoms with Crippen molar-refractivity contribution in [1.82, 2.24) is 24.6 Å². The number of carbonyl (C=O) groups excluding carboxylic acids is 2. The number of nitrogen functional groups attached to an aromatic ring is 1. The maximum absolute atomic E-state index is 14.0. The van der Waals surface area contributed by atoms with Gasteiger partial charge in [-0.1, -0.05) is 32.6 Å². The predicted octanol–water partition coefficient (Wildman–Crippen LogP) is 4.35. The lowest BCUT2D eigenvalue weighted by molar-refractivity contribution is -0.153. The molecule has 14 heteroatoms. The Morgan fingerprint density at radius 2 is 1.93 bits per heavy atom. The molecule has 1 saturated carbocycles. The molecule has 2 unspecified atom stereocenters. The molecular weight excluding hydrogens is 551 g/mol. The number of aromatic nitrogens is 4. The number of unbranched alkanes of at least 4 members (excludes halogenated alkanes) is 3.